The Hall–Kier alpha value is -2.16. The van der Waals surface area contributed by atoms with Crippen LogP contribution in [-0.4, -0.2) is 45.1 Å². The average molecular weight is 382 g/mol. The summed E-state index contributed by atoms with van der Waals surface area (Å²) in [4.78, 5) is 38.3. The first-order valence-electron chi connectivity index (χ1n) is 8.77. The number of nitrogens with zero attached hydrogens (tertiary/aromatic N) is 2. The van der Waals surface area contributed by atoms with Gasteiger partial charge in [-0.1, -0.05) is 19.3 Å². The van der Waals surface area contributed by atoms with E-state index in [0.29, 0.717) is 0 Å². The predicted octanol–water partition coefficient (Wildman–Crippen LogP) is 1.51. The van der Waals surface area contributed by atoms with Gasteiger partial charge in [-0.15, -0.1) is 0 Å². The molecular formula is C17H27N5O3S. The van der Waals surface area contributed by atoms with Crippen LogP contribution in [0.15, 0.2) is 0 Å². The summed E-state index contributed by atoms with van der Waals surface area (Å²) in [6.45, 7) is 5.43. The van der Waals surface area contributed by atoms with E-state index in [1.54, 1.807) is 0 Å². The molecule has 26 heavy (non-hydrogen) atoms. The van der Waals surface area contributed by atoms with Crippen LogP contribution in [0.25, 0.3) is 0 Å². The topological polar surface area (TPSA) is 131 Å². The number of hydrogen-bond acceptors (Lipinski definition) is 6. The predicted molar refractivity (Wildman–Crippen MR) is 101 cm³/mol. The van der Waals surface area contributed by atoms with Crippen LogP contribution in [0.2, 0.25) is 0 Å². The molecule has 1 fully saturated rings. The van der Waals surface area contributed by atoms with Crippen molar-refractivity contribution in [2.75, 3.05) is 12.3 Å². The summed E-state index contributed by atoms with van der Waals surface area (Å²) in [6, 6.07) is 0.170. The third-order valence-electron chi connectivity index (χ3n) is 4.48. The minimum atomic E-state index is -0.782. The lowest BCUT2D eigenvalue weighted by Gasteiger charge is -2.35. The Morgan fingerprint density at radius 2 is 1.85 bits per heavy atom. The lowest BCUT2D eigenvalue weighted by atomic mass is 9.95. The number of primary amides is 1. The van der Waals surface area contributed by atoms with Gasteiger partial charge in [-0.3, -0.25) is 14.4 Å². The first kappa shape index (κ1) is 20.2. The van der Waals surface area contributed by atoms with Crippen molar-refractivity contribution >= 4 is 34.9 Å². The maximum absolute atomic E-state index is 13.0. The summed E-state index contributed by atoms with van der Waals surface area (Å²) >= 11 is 0.821. The largest absolute Gasteiger partial charge is 0.395 e. The summed E-state index contributed by atoms with van der Waals surface area (Å²) in [7, 11) is 0. The van der Waals surface area contributed by atoms with Crippen molar-refractivity contribution in [1.29, 1.82) is 0 Å². The molecule has 0 bridgehead atoms. The van der Waals surface area contributed by atoms with Gasteiger partial charge in [0, 0.05) is 11.6 Å². The molecule has 1 aliphatic rings. The van der Waals surface area contributed by atoms with E-state index in [2.05, 4.69) is 9.69 Å². The van der Waals surface area contributed by atoms with E-state index in [1.807, 2.05) is 20.8 Å². The SMILES string of the molecule is CC(C)(C)N(CC(=O)NC1CCCCC1)C(=O)c1snc(C(N)=O)c1N. The van der Waals surface area contributed by atoms with E-state index in [9.17, 15) is 14.4 Å². The van der Waals surface area contributed by atoms with E-state index < -0.39 is 17.4 Å². The third kappa shape index (κ3) is 4.72. The van der Waals surface area contributed by atoms with Crippen molar-refractivity contribution in [2.24, 2.45) is 5.73 Å². The van der Waals surface area contributed by atoms with Gasteiger partial charge in [-0.2, -0.15) is 4.37 Å². The van der Waals surface area contributed by atoms with Crippen LogP contribution >= 0.6 is 11.5 Å². The molecule has 1 aliphatic carbocycles. The zero-order valence-corrected chi connectivity index (χ0v) is 16.3. The molecular weight excluding hydrogens is 354 g/mol. The molecule has 1 aromatic heterocycles. The standard InChI is InChI=1S/C17H27N5O3S/c1-17(2,3)22(9-11(23)20-10-7-5-4-6-8-10)16(25)14-12(18)13(15(19)24)21-26-14/h10H,4-9,18H2,1-3H3,(H2,19,24)(H,20,23). The van der Waals surface area contributed by atoms with Crippen molar-refractivity contribution in [3.8, 4) is 0 Å². The molecule has 9 heteroatoms. The Morgan fingerprint density at radius 1 is 1.23 bits per heavy atom. The summed E-state index contributed by atoms with van der Waals surface area (Å²) in [5.41, 5.74) is 10.3. The molecule has 3 amide bonds. The highest BCUT2D eigenvalue weighted by molar-refractivity contribution is 7.09. The Kier molecular flexibility index (Phi) is 6.22. The van der Waals surface area contributed by atoms with Gasteiger partial charge in [0.15, 0.2) is 5.69 Å². The van der Waals surface area contributed by atoms with E-state index in [4.69, 9.17) is 11.5 Å². The van der Waals surface area contributed by atoms with Crippen LogP contribution in [0.1, 0.15) is 73.0 Å². The number of hydrogen-bond donors (Lipinski definition) is 3. The van der Waals surface area contributed by atoms with Crippen LogP contribution in [0.3, 0.4) is 0 Å². The highest BCUT2D eigenvalue weighted by Gasteiger charge is 2.33. The molecule has 0 saturated heterocycles. The molecule has 0 aromatic carbocycles. The van der Waals surface area contributed by atoms with Gasteiger partial charge in [0.25, 0.3) is 11.8 Å². The smallest absolute Gasteiger partial charge is 0.270 e. The number of anilines is 1. The molecule has 0 atom stereocenters. The average Bonchev–Trinajstić information content (AvgIpc) is 2.93. The van der Waals surface area contributed by atoms with Gasteiger partial charge in [-0.25, -0.2) is 0 Å². The number of carbonyl (C=O) groups excluding carboxylic acids is 3. The third-order valence-corrected chi connectivity index (χ3v) is 5.33. The van der Waals surface area contributed by atoms with Crippen molar-refractivity contribution in [1.82, 2.24) is 14.6 Å². The summed E-state index contributed by atoms with van der Waals surface area (Å²) in [5.74, 6) is -1.41. The maximum Gasteiger partial charge on any atom is 0.270 e. The second-order valence-corrected chi connectivity index (χ2v) is 8.38. The molecule has 2 rings (SSSR count). The highest BCUT2D eigenvalue weighted by atomic mass is 32.1. The maximum atomic E-state index is 13.0. The fourth-order valence-electron chi connectivity index (χ4n) is 3.03. The monoisotopic (exact) mass is 381 g/mol. The molecule has 0 aliphatic heterocycles. The molecule has 1 aromatic rings. The van der Waals surface area contributed by atoms with Crippen LogP contribution in [-0.2, 0) is 4.79 Å². The van der Waals surface area contributed by atoms with Gasteiger partial charge in [0.1, 0.15) is 11.4 Å². The second kappa shape index (κ2) is 8.03. The summed E-state index contributed by atoms with van der Waals surface area (Å²) in [6.07, 6.45) is 5.37. The first-order valence-corrected chi connectivity index (χ1v) is 9.55. The second-order valence-electron chi connectivity index (χ2n) is 7.60. The minimum Gasteiger partial charge on any atom is -0.395 e. The number of nitrogens with one attached hydrogen (secondary N) is 1. The van der Waals surface area contributed by atoms with Gasteiger partial charge in [0.05, 0.1) is 5.69 Å². The highest BCUT2D eigenvalue weighted by Crippen LogP contribution is 2.26. The van der Waals surface area contributed by atoms with Crippen molar-refractivity contribution in [3.05, 3.63) is 10.6 Å². The molecule has 0 radical (unpaired) electrons. The number of carbonyl (C=O) groups is 3. The Morgan fingerprint density at radius 3 is 2.35 bits per heavy atom. The number of nitrogens with two attached hydrogens (primary N) is 2. The quantitative estimate of drug-likeness (QED) is 0.711. The van der Waals surface area contributed by atoms with Crippen molar-refractivity contribution in [2.45, 2.75) is 64.5 Å². The number of aromatic nitrogens is 1. The molecule has 0 unspecified atom stereocenters. The molecule has 5 N–H and O–H groups in total. The first-order chi connectivity index (χ1) is 12.1. The molecule has 8 nitrogen and oxygen atoms in total. The van der Waals surface area contributed by atoms with Crippen LogP contribution in [0.5, 0.6) is 0 Å². The molecule has 1 saturated carbocycles. The number of nitrogen functional groups attached to an aromatic ring is 1. The zero-order valence-electron chi connectivity index (χ0n) is 15.5. The van der Waals surface area contributed by atoms with Crippen LogP contribution < -0.4 is 16.8 Å². The summed E-state index contributed by atoms with van der Waals surface area (Å²) in [5, 5.41) is 3.02. The van der Waals surface area contributed by atoms with Crippen LogP contribution in [0.4, 0.5) is 5.69 Å². The number of amides is 3. The summed E-state index contributed by atoms with van der Waals surface area (Å²) < 4.78 is 3.87. The Bertz CT molecular complexity index is 689. The molecule has 144 valence electrons. The fraction of sp³-hybridized carbons (Fsp3) is 0.647. The minimum absolute atomic E-state index is 0.0329. The van der Waals surface area contributed by atoms with Gasteiger partial charge >= 0.3 is 0 Å². The Balaban J connectivity index is 2.15. The van der Waals surface area contributed by atoms with Crippen LogP contribution in [0, 0.1) is 0 Å². The van der Waals surface area contributed by atoms with E-state index >= 15 is 0 Å². The lowest BCUT2D eigenvalue weighted by Crippen LogP contribution is -2.51. The Labute approximate surface area is 157 Å². The normalized spacial score (nSPS) is 15.5. The van der Waals surface area contributed by atoms with E-state index in [-0.39, 0.29) is 34.8 Å². The van der Waals surface area contributed by atoms with Gasteiger partial charge in [0.2, 0.25) is 5.91 Å². The molecule has 1 heterocycles. The van der Waals surface area contributed by atoms with E-state index in [1.165, 1.54) is 11.3 Å². The van der Waals surface area contributed by atoms with Gasteiger partial charge < -0.3 is 21.7 Å². The number of rotatable bonds is 5. The van der Waals surface area contributed by atoms with Crippen molar-refractivity contribution in [3.63, 3.8) is 0 Å². The van der Waals surface area contributed by atoms with Gasteiger partial charge in [-0.05, 0) is 45.1 Å². The fourth-order valence-corrected chi connectivity index (χ4v) is 3.78. The zero-order chi connectivity index (χ0) is 19.5. The lowest BCUT2D eigenvalue weighted by molar-refractivity contribution is -0.123. The molecule has 0 spiro atoms. The van der Waals surface area contributed by atoms with E-state index in [0.717, 1.165) is 37.2 Å². The van der Waals surface area contributed by atoms with Crippen molar-refractivity contribution < 1.29 is 14.4 Å².